The van der Waals surface area contributed by atoms with Gasteiger partial charge >= 0.3 is 0 Å². The number of amides is 6. The van der Waals surface area contributed by atoms with Gasteiger partial charge < -0.3 is 31.1 Å². The molecule has 2 saturated carbocycles. The smallest absolute Gasteiger partial charge is 0.253 e. The van der Waals surface area contributed by atoms with Gasteiger partial charge in [-0.25, -0.2) is 8.78 Å². The molecule has 0 unspecified atom stereocenters. The molecule has 2 aliphatic heterocycles. The molecule has 6 amide bonds. The summed E-state index contributed by atoms with van der Waals surface area (Å²) in [6.07, 6.45) is 2.46. The van der Waals surface area contributed by atoms with Gasteiger partial charge in [-0.15, -0.1) is 0 Å². The molecular formula is C54H54F2N6O6. The maximum absolute atomic E-state index is 14.1. The van der Waals surface area contributed by atoms with E-state index in [1.807, 2.05) is 60.7 Å². The first-order valence-electron chi connectivity index (χ1n) is 23.4. The van der Waals surface area contributed by atoms with Crippen molar-refractivity contribution in [3.05, 3.63) is 178 Å². The number of carbonyl (C=O) groups excluding carboxylic acids is 6. The van der Waals surface area contributed by atoms with E-state index in [2.05, 4.69) is 21.3 Å². The molecule has 0 radical (unpaired) electrons. The fraction of sp³-hybridized carbons (Fsp3) is 0.333. The highest BCUT2D eigenvalue weighted by Gasteiger charge is 2.49. The number of hydrogen-bond donors (Lipinski definition) is 4. The minimum absolute atomic E-state index is 0.0292. The number of halogens is 2. The molecule has 4 aliphatic rings. The molecule has 0 spiro atoms. The number of hydrogen-bond acceptors (Lipinski definition) is 6. The Morgan fingerprint density at radius 2 is 0.779 bits per heavy atom. The zero-order valence-corrected chi connectivity index (χ0v) is 37.5. The molecule has 2 aliphatic carbocycles. The largest absolute Gasteiger partial charge is 0.355 e. The monoisotopic (exact) mass is 920 g/mol. The standard InChI is InChI=1S/C54H54F2N6O6/c55-39-19-11-33(12-20-39)23-25-57-49(63)43-29-61(30-44(43)50(64)58-26-24-34-13-21-40(56)22-14-34)53(67)37-15-17-38(18-16-37)54(68)62-31-45(51(65)59-47-27-41(47)35-7-3-1-4-8-35)46(32-62)52(66)60-48-28-42(48)36-9-5-2-6-10-36/h1-22,41-48H,23-32H2,(H,57,63)(H,58,64)(H,59,65)(H,60,66)/t41-,42-,43+,44+,45+,46+,47+,48+/m0/s1. The molecular weight excluding hydrogens is 867 g/mol. The Labute approximate surface area is 393 Å². The predicted octanol–water partition coefficient (Wildman–Crippen LogP) is 5.40. The van der Waals surface area contributed by atoms with Crippen molar-refractivity contribution in [3.8, 4) is 0 Å². The highest BCUT2D eigenvalue weighted by molar-refractivity contribution is 6.00. The lowest BCUT2D eigenvalue weighted by molar-refractivity contribution is -0.133. The van der Waals surface area contributed by atoms with Crippen molar-refractivity contribution in [2.24, 2.45) is 23.7 Å². The van der Waals surface area contributed by atoms with E-state index in [1.54, 1.807) is 24.3 Å². The Morgan fingerprint density at radius 1 is 0.441 bits per heavy atom. The van der Waals surface area contributed by atoms with E-state index in [0.717, 1.165) is 35.1 Å². The Bertz CT molecular complexity index is 2490. The first-order chi connectivity index (χ1) is 33.0. The molecule has 5 aromatic rings. The second kappa shape index (κ2) is 20.3. The summed E-state index contributed by atoms with van der Waals surface area (Å²) < 4.78 is 26.9. The average molecular weight is 921 g/mol. The van der Waals surface area contributed by atoms with Crippen LogP contribution in [-0.4, -0.2) is 96.6 Å². The maximum Gasteiger partial charge on any atom is 0.253 e. The van der Waals surface area contributed by atoms with Crippen LogP contribution in [0.5, 0.6) is 0 Å². The van der Waals surface area contributed by atoms with Gasteiger partial charge in [0.15, 0.2) is 0 Å². The topological polar surface area (TPSA) is 157 Å². The Kier molecular flexibility index (Phi) is 13.7. The molecule has 4 fully saturated rings. The van der Waals surface area contributed by atoms with Gasteiger partial charge in [-0.1, -0.05) is 84.9 Å². The highest BCUT2D eigenvalue weighted by atomic mass is 19.1. The van der Waals surface area contributed by atoms with Gasteiger partial charge in [0.05, 0.1) is 23.7 Å². The van der Waals surface area contributed by atoms with Crippen molar-refractivity contribution in [1.82, 2.24) is 31.1 Å². The lowest BCUT2D eigenvalue weighted by atomic mass is 9.94. The van der Waals surface area contributed by atoms with E-state index in [4.69, 9.17) is 0 Å². The van der Waals surface area contributed by atoms with E-state index < -0.39 is 41.4 Å². The molecule has 0 bridgehead atoms. The second-order valence-electron chi connectivity index (χ2n) is 18.5. The Balaban J connectivity index is 0.849. The third kappa shape index (κ3) is 10.8. The van der Waals surface area contributed by atoms with Gasteiger partial charge in [0.1, 0.15) is 11.6 Å². The highest BCUT2D eigenvalue weighted by Crippen LogP contribution is 2.43. The molecule has 0 aromatic heterocycles. The van der Waals surface area contributed by atoms with E-state index in [0.29, 0.717) is 12.8 Å². The molecule has 4 N–H and O–H groups in total. The average Bonchev–Trinajstić information content (AvgIpc) is 4.20. The van der Waals surface area contributed by atoms with Crippen LogP contribution in [0.25, 0.3) is 0 Å². The first kappa shape index (κ1) is 45.9. The number of benzene rings is 5. The SMILES string of the molecule is O=C(NCCc1ccc(F)cc1)[C@@H]1CN(C(=O)c2ccc(C(=O)N3C[C@@H](C(=O)N[C@@H]4C[C@H]4c4ccccc4)[C@H](C(=O)N[C@@H]4C[C@H]4c4ccccc4)C3)cc2)C[C@H]1C(=O)NCCc1ccc(F)cc1. The summed E-state index contributed by atoms with van der Waals surface area (Å²) >= 11 is 0. The van der Waals surface area contributed by atoms with Crippen LogP contribution in [0.3, 0.4) is 0 Å². The maximum atomic E-state index is 14.1. The number of carbonyl (C=O) groups is 6. The van der Waals surface area contributed by atoms with E-state index in [1.165, 1.54) is 58.3 Å². The van der Waals surface area contributed by atoms with Crippen molar-refractivity contribution in [2.75, 3.05) is 39.3 Å². The normalized spacial score (nSPS) is 23.6. The molecule has 2 saturated heterocycles. The minimum atomic E-state index is -0.863. The van der Waals surface area contributed by atoms with Crippen LogP contribution >= 0.6 is 0 Å². The minimum Gasteiger partial charge on any atom is -0.355 e. The molecule has 14 heteroatoms. The number of rotatable bonds is 16. The molecule has 2 heterocycles. The zero-order valence-electron chi connectivity index (χ0n) is 37.5. The third-order valence-electron chi connectivity index (χ3n) is 13.9. The van der Waals surface area contributed by atoms with E-state index in [-0.39, 0.29) is 104 Å². The molecule has 12 nitrogen and oxygen atoms in total. The van der Waals surface area contributed by atoms with Crippen LogP contribution in [0.4, 0.5) is 8.78 Å². The number of likely N-dealkylation sites (tertiary alicyclic amines) is 2. The number of nitrogens with one attached hydrogen (secondary N) is 4. The van der Waals surface area contributed by atoms with Crippen LogP contribution in [0, 0.1) is 35.3 Å². The van der Waals surface area contributed by atoms with E-state index in [9.17, 15) is 37.5 Å². The molecule has 8 atom stereocenters. The summed E-state index contributed by atoms with van der Waals surface area (Å²) in [5.41, 5.74) is 4.46. The molecule has 68 heavy (non-hydrogen) atoms. The summed E-state index contributed by atoms with van der Waals surface area (Å²) in [7, 11) is 0. The lowest BCUT2D eigenvalue weighted by Gasteiger charge is -2.18. The summed E-state index contributed by atoms with van der Waals surface area (Å²) in [4.78, 5) is 86.4. The number of nitrogens with zero attached hydrogens (tertiary/aromatic N) is 2. The molecule has 5 aromatic carbocycles. The summed E-state index contributed by atoms with van der Waals surface area (Å²) in [6, 6.07) is 37.9. The molecule has 9 rings (SSSR count). The van der Waals surface area contributed by atoms with Gasteiger partial charge in [-0.2, -0.15) is 0 Å². The van der Waals surface area contributed by atoms with Gasteiger partial charge in [0.2, 0.25) is 23.6 Å². The van der Waals surface area contributed by atoms with Crippen LogP contribution in [0.15, 0.2) is 133 Å². The Hall–Kier alpha value is -7.22. The van der Waals surface area contributed by atoms with Gasteiger partial charge in [-0.05, 0) is 96.5 Å². The quantitative estimate of drug-likeness (QED) is 0.104. The van der Waals surface area contributed by atoms with Crippen molar-refractivity contribution < 1.29 is 37.5 Å². The summed E-state index contributed by atoms with van der Waals surface area (Å²) in [5.74, 6) is -5.71. The van der Waals surface area contributed by atoms with Crippen LogP contribution in [-0.2, 0) is 32.0 Å². The van der Waals surface area contributed by atoms with E-state index >= 15 is 0 Å². The van der Waals surface area contributed by atoms with Crippen LogP contribution < -0.4 is 21.3 Å². The molecule has 350 valence electrons. The first-order valence-corrected chi connectivity index (χ1v) is 23.4. The van der Waals surface area contributed by atoms with Crippen LogP contribution in [0.1, 0.15) is 67.6 Å². The van der Waals surface area contributed by atoms with Gasteiger partial charge in [0.25, 0.3) is 11.8 Å². The van der Waals surface area contributed by atoms with Crippen molar-refractivity contribution in [1.29, 1.82) is 0 Å². The summed E-state index contributed by atoms with van der Waals surface area (Å²) in [6.45, 7) is 0.515. The van der Waals surface area contributed by atoms with Crippen LogP contribution in [0.2, 0.25) is 0 Å². The fourth-order valence-corrected chi connectivity index (χ4v) is 9.77. The van der Waals surface area contributed by atoms with Gasteiger partial charge in [-0.3, -0.25) is 28.8 Å². The Morgan fingerprint density at radius 3 is 1.13 bits per heavy atom. The predicted molar refractivity (Wildman–Crippen MR) is 250 cm³/mol. The summed E-state index contributed by atoms with van der Waals surface area (Å²) in [5, 5.41) is 12.1. The van der Waals surface area contributed by atoms with Gasteiger partial charge in [0, 0.05) is 74.3 Å². The van der Waals surface area contributed by atoms with Crippen molar-refractivity contribution in [2.45, 2.75) is 49.6 Å². The van der Waals surface area contributed by atoms with Crippen molar-refractivity contribution >= 4 is 35.4 Å². The lowest BCUT2D eigenvalue weighted by Crippen LogP contribution is -2.43. The zero-order chi connectivity index (χ0) is 47.3. The van der Waals surface area contributed by atoms with Crippen molar-refractivity contribution in [3.63, 3.8) is 0 Å². The third-order valence-corrected chi connectivity index (χ3v) is 13.9. The second-order valence-corrected chi connectivity index (χ2v) is 18.5. The fourth-order valence-electron chi connectivity index (χ4n) is 9.77.